The predicted molar refractivity (Wildman–Crippen MR) is 117 cm³/mol. The number of alkyl carbamates (subject to hydrolysis) is 1. The fourth-order valence-corrected chi connectivity index (χ4v) is 3.78. The van der Waals surface area contributed by atoms with Crippen molar-refractivity contribution in [2.75, 3.05) is 13.2 Å². The molecule has 1 aliphatic rings. The van der Waals surface area contributed by atoms with E-state index >= 15 is 0 Å². The number of rotatable bonds is 9. The molecule has 0 fully saturated rings. The molecule has 3 rings (SSSR count). The summed E-state index contributed by atoms with van der Waals surface area (Å²) in [5, 5.41) is 14.0. The van der Waals surface area contributed by atoms with E-state index in [1.165, 1.54) is 0 Å². The van der Waals surface area contributed by atoms with Crippen molar-refractivity contribution in [1.29, 1.82) is 0 Å². The van der Waals surface area contributed by atoms with Gasteiger partial charge in [0.15, 0.2) is 0 Å². The molecule has 164 valence electrons. The number of fused-ring (bicyclic) bond motifs is 3. The smallest absolute Gasteiger partial charge is 0.407 e. The number of hydrogen-bond acceptors (Lipinski definition) is 4. The number of hydrogen-bond donors (Lipinski definition) is 3. The van der Waals surface area contributed by atoms with Crippen LogP contribution in [0.4, 0.5) is 4.79 Å². The first-order valence-electron chi connectivity index (χ1n) is 10.5. The first-order chi connectivity index (χ1) is 14.9. The van der Waals surface area contributed by atoms with Crippen molar-refractivity contribution in [1.82, 2.24) is 10.6 Å². The number of nitrogens with one attached hydrogen (secondary N) is 2. The van der Waals surface area contributed by atoms with Gasteiger partial charge in [0.1, 0.15) is 12.6 Å². The minimum Gasteiger partial charge on any atom is -0.481 e. The average Bonchev–Trinajstić information content (AvgIpc) is 3.08. The number of benzene rings is 2. The Balaban J connectivity index is 1.49. The minimum atomic E-state index is -0.858. The first kappa shape index (κ1) is 22.3. The summed E-state index contributed by atoms with van der Waals surface area (Å²) in [4.78, 5) is 35.1. The zero-order valence-corrected chi connectivity index (χ0v) is 17.8. The molecule has 0 aliphatic heterocycles. The zero-order valence-electron chi connectivity index (χ0n) is 17.8. The second-order valence-electron chi connectivity index (χ2n) is 7.97. The van der Waals surface area contributed by atoms with Gasteiger partial charge in [0.2, 0.25) is 5.91 Å². The highest BCUT2D eigenvalue weighted by atomic mass is 16.5. The molecule has 2 unspecified atom stereocenters. The summed E-state index contributed by atoms with van der Waals surface area (Å²) in [7, 11) is 0. The summed E-state index contributed by atoms with van der Waals surface area (Å²) in [5.74, 6) is -1.21. The second-order valence-corrected chi connectivity index (χ2v) is 7.97. The standard InChI is InChI=1S/C24H28N2O5/c1-15(11-12-22(27)28)13-25-23(29)16(2)26-24(30)31-14-21-19-9-5-3-7-17(19)18-8-4-6-10-20(18)21/h3-10,15-16,21H,11-14H2,1-2H3,(H,25,29)(H,26,30)(H,27,28). The Morgan fingerprint density at radius 3 is 2.16 bits per heavy atom. The van der Waals surface area contributed by atoms with Gasteiger partial charge in [-0.15, -0.1) is 0 Å². The van der Waals surface area contributed by atoms with Crippen LogP contribution >= 0.6 is 0 Å². The molecule has 1 aliphatic carbocycles. The van der Waals surface area contributed by atoms with E-state index in [-0.39, 0.29) is 30.8 Å². The Morgan fingerprint density at radius 1 is 1.00 bits per heavy atom. The van der Waals surface area contributed by atoms with Gasteiger partial charge in [0.05, 0.1) is 0 Å². The van der Waals surface area contributed by atoms with Crippen LogP contribution < -0.4 is 10.6 Å². The second kappa shape index (κ2) is 10.1. The van der Waals surface area contributed by atoms with Crippen molar-refractivity contribution < 1.29 is 24.2 Å². The average molecular weight is 424 g/mol. The maximum atomic E-state index is 12.3. The Labute approximate surface area is 181 Å². The van der Waals surface area contributed by atoms with E-state index in [1.807, 2.05) is 43.3 Å². The summed E-state index contributed by atoms with van der Waals surface area (Å²) in [5.41, 5.74) is 4.55. The Bertz CT molecular complexity index is 913. The lowest BCUT2D eigenvalue weighted by molar-refractivity contribution is -0.137. The highest BCUT2D eigenvalue weighted by Gasteiger charge is 2.29. The molecule has 0 spiro atoms. The van der Waals surface area contributed by atoms with E-state index in [2.05, 4.69) is 22.8 Å². The van der Waals surface area contributed by atoms with E-state index in [1.54, 1.807) is 6.92 Å². The van der Waals surface area contributed by atoms with Gasteiger partial charge in [-0.05, 0) is 41.5 Å². The third kappa shape index (κ3) is 5.63. The number of carboxylic acids is 1. The van der Waals surface area contributed by atoms with Crippen LogP contribution in [0.25, 0.3) is 11.1 Å². The van der Waals surface area contributed by atoms with Gasteiger partial charge in [-0.25, -0.2) is 4.79 Å². The monoisotopic (exact) mass is 424 g/mol. The summed E-state index contributed by atoms with van der Waals surface area (Å²) in [6, 6.07) is 15.4. The van der Waals surface area contributed by atoms with Crippen molar-refractivity contribution in [3.05, 3.63) is 59.7 Å². The fourth-order valence-electron chi connectivity index (χ4n) is 3.78. The quantitative estimate of drug-likeness (QED) is 0.571. The number of carbonyl (C=O) groups is 3. The molecule has 0 aromatic heterocycles. The number of carbonyl (C=O) groups excluding carboxylic acids is 2. The van der Waals surface area contributed by atoms with Crippen molar-refractivity contribution >= 4 is 18.0 Å². The molecule has 2 amide bonds. The van der Waals surface area contributed by atoms with Crippen LogP contribution in [0.5, 0.6) is 0 Å². The first-order valence-corrected chi connectivity index (χ1v) is 10.5. The van der Waals surface area contributed by atoms with Gasteiger partial charge in [0.25, 0.3) is 0 Å². The molecule has 2 aromatic rings. The lowest BCUT2D eigenvalue weighted by Gasteiger charge is -2.18. The van der Waals surface area contributed by atoms with Crippen LogP contribution in [0.1, 0.15) is 43.7 Å². The van der Waals surface area contributed by atoms with E-state index in [0.717, 1.165) is 22.3 Å². The summed E-state index contributed by atoms with van der Waals surface area (Å²) in [6.45, 7) is 3.98. The largest absolute Gasteiger partial charge is 0.481 e. The molecule has 2 atom stereocenters. The topological polar surface area (TPSA) is 105 Å². The highest BCUT2D eigenvalue weighted by molar-refractivity contribution is 5.85. The number of carboxylic acid groups (broad SMARTS) is 1. The van der Waals surface area contributed by atoms with E-state index in [9.17, 15) is 14.4 Å². The molecule has 0 radical (unpaired) electrons. The van der Waals surface area contributed by atoms with Crippen LogP contribution in [0.2, 0.25) is 0 Å². The van der Waals surface area contributed by atoms with Crippen LogP contribution in [-0.2, 0) is 14.3 Å². The van der Waals surface area contributed by atoms with Gasteiger partial charge in [-0.2, -0.15) is 0 Å². The van der Waals surface area contributed by atoms with Gasteiger partial charge in [0, 0.05) is 18.9 Å². The highest BCUT2D eigenvalue weighted by Crippen LogP contribution is 2.44. The maximum absolute atomic E-state index is 12.3. The van der Waals surface area contributed by atoms with E-state index < -0.39 is 18.1 Å². The zero-order chi connectivity index (χ0) is 22.4. The molecule has 7 nitrogen and oxygen atoms in total. The van der Waals surface area contributed by atoms with Crippen LogP contribution in [0.3, 0.4) is 0 Å². The molecular formula is C24H28N2O5. The van der Waals surface area contributed by atoms with Crippen LogP contribution in [0.15, 0.2) is 48.5 Å². The maximum Gasteiger partial charge on any atom is 0.407 e. The van der Waals surface area contributed by atoms with E-state index in [0.29, 0.717) is 13.0 Å². The summed E-state index contributed by atoms with van der Waals surface area (Å²) >= 11 is 0. The third-order valence-electron chi connectivity index (χ3n) is 5.55. The summed E-state index contributed by atoms with van der Waals surface area (Å²) < 4.78 is 5.46. The van der Waals surface area contributed by atoms with Crippen LogP contribution in [-0.4, -0.2) is 42.3 Å². The van der Waals surface area contributed by atoms with Crippen molar-refractivity contribution in [2.24, 2.45) is 5.92 Å². The van der Waals surface area contributed by atoms with E-state index in [4.69, 9.17) is 9.84 Å². The van der Waals surface area contributed by atoms with Crippen molar-refractivity contribution in [2.45, 2.75) is 38.6 Å². The predicted octanol–water partition coefficient (Wildman–Crippen LogP) is 3.53. The summed E-state index contributed by atoms with van der Waals surface area (Å²) in [6.07, 6.45) is -0.113. The van der Waals surface area contributed by atoms with Gasteiger partial charge < -0.3 is 20.5 Å². The molecule has 0 saturated heterocycles. The molecule has 0 heterocycles. The molecule has 0 saturated carbocycles. The Morgan fingerprint density at radius 2 is 1.58 bits per heavy atom. The lowest BCUT2D eigenvalue weighted by Crippen LogP contribution is -2.46. The number of aliphatic carboxylic acids is 1. The Kier molecular flexibility index (Phi) is 7.28. The molecular weight excluding hydrogens is 396 g/mol. The number of ether oxygens (including phenoxy) is 1. The van der Waals surface area contributed by atoms with Gasteiger partial charge in [-0.1, -0.05) is 55.5 Å². The SMILES string of the molecule is CC(CCC(=O)O)CNC(=O)C(C)NC(=O)OCC1c2ccccc2-c2ccccc21. The Hall–Kier alpha value is -3.35. The molecule has 31 heavy (non-hydrogen) atoms. The van der Waals surface area contributed by atoms with Crippen LogP contribution in [0, 0.1) is 5.92 Å². The van der Waals surface area contributed by atoms with Gasteiger partial charge in [-0.3, -0.25) is 9.59 Å². The molecule has 2 aromatic carbocycles. The molecule has 7 heteroatoms. The number of amides is 2. The third-order valence-corrected chi connectivity index (χ3v) is 5.55. The van der Waals surface area contributed by atoms with Gasteiger partial charge >= 0.3 is 12.1 Å². The van der Waals surface area contributed by atoms with Crippen molar-refractivity contribution in [3.63, 3.8) is 0 Å². The minimum absolute atomic E-state index is 0.0294. The normalized spacial score (nSPS) is 14.1. The molecule has 3 N–H and O–H groups in total. The van der Waals surface area contributed by atoms with Crippen molar-refractivity contribution in [3.8, 4) is 11.1 Å². The fraction of sp³-hybridized carbons (Fsp3) is 0.375. The lowest BCUT2D eigenvalue weighted by atomic mass is 9.98. The molecule has 0 bridgehead atoms.